The molecule has 94 valence electrons. The van der Waals surface area contributed by atoms with Crippen molar-refractivity contribution in [2.45, 2.75) is 45.2 Å². The Morgan fingerprint density at radius 2 is 1.82 bits per heavy atom. The molecule has 0 aliphatic heterocycles. The third-order valence-electron chi connectivity index (χ3n) is 3.50. The summed E-state index contributed by atoms with van der Waals surface area (Å²) in [6.07, 6.45) is 3.25. The van der Waals surface area contributed by atoms with Gasteiger partial charge in [0.15, 0.2) is 0 Å². The van der Waals surface area contributed by atoms with Crippen LogP contribution in [-0.2, 0) is 12.8 Å². The van der Waals surface area contributed by atoms with Crippen molar-refractivity contribution in [2.75, 3.05) is 6.61 Å². The largest absolute Gasteiger partial charge is 0.395 e. The van der Waals surface area contributed by atoms with E-state index in [1.54, 1.807) is 0 Å². The highest BCUT2D eigenvalue weighted by molar-refractivity contribution is 5.33. The van der Waals surface area contributed by atoms with Gasteiger partial charge in [-0.05, 0) is 36.3 Å². The number of fused-ring (bicyclic) bond motifs is 1. The maximum absolute atomic E-state index is 9.39. The highest BCUT2D eigenvalue weighted by Gasteiger charge is 2.23. The topological polar surface area (TPSA) is 32.3 Å². The predicted molar refractivity (Wildman–Crippen MR) is 71.1 cm³/mol. The summed E-state index contributed by atoms with van der Waals surface area (Å²) in [6.45, 7) is 4.65. The van der Waals surface area contributed by atoms with Gasteiger partial charge in [-0.2, -0.15) is 0 Å². The summed E-state index contributed by atoms with van der Waals surface area (Å²) in [4.78, 5) is 0. The van der Waals surface area contributed by atoms with Crippen LogP contribution in [0.1, 0.15) is 31.4 Å². The molecule has 0 aromatic heterocycles. The summed E-state index contributed by atoms with van der Waals surface area (Å²) in [5, 5.41) is 13.0. The third-order valence-corrected chi connectivity index (χ3v) is 3.50. The predicted octanol–water partition coefficient (Wildman–Crippen LogP) is 2.15. The van der Waals surface area contributed by atoms with Crippen molar-refractivity contribution in [3.63, 3.8) is 0 Å². The van der Waals surface area contributed by atoms with Gasteiger partial charge in [0, 0.05) is 12.1 Å². The molecule has 0 spiro atoms. The van der Waals surface area contributed by atoms with Crippen LogP contribution in [0.5, 0.6) is 0 Å². The zero-order valence-electron chi connectivity index (χ0n) is 10.8. The van der Waals surface area contributed by atoms with Crippen molar-refractivity contribution >= 4 is 0 Å². The van der Waals surface area contributed by atoms with Gasteiger partial charge in [0.25, 0.3) is 0 Å². The summed E-state index contributed by atoms with van der Waals surface area (Å²) in [6, 6.07) is 9.40. The number of hydrogen-bond donors (Lipinski definition) is 2. The van der Waals surface area contributed by atoms with E-state index in [1.165, 1.54) is 11.1 Å². The smallest absolute Gasteiger partial charge is 0.0584 e. The molecule has 0 bridgehead atoms. The lowest BCUT2D eigenvalue weighted by Gasteiger charge is -2.22. The molecule has 0 saturated carbocycles. The van der Waals surface area contributed by atoms with Gasteiger partial charge in [-0.3, -0.25) is 0 Å². The van der Waals surface area contributed by atoms with Gasteiger partial charge in [0.2, 0.25) is 0 Å². The fourth-order valence-corrected chi connectivity index (χ4v) is 2.77. The third kappa shape index (κ3) is 3.30. The fourth-order valence-electron chi connectivity index (χ4n) is 2.77. The number of rotatable bonds is 5. The first-order valence-electron chi connectivity index (χ1n) is 6.62. The second-order valence-electron chi connectivity index (χ2n) is 5.55. The van der Waals surface area contributed by atoms with Gasteiger partial charge in [-0.15, -0.1) is 0 Å². The molecule has 1 aromatic carbocycles. The quantitative estimate of drug-likeness (QED) is 0.817. The Morgan fingerprint density at radius 1 is 1.24 bits per heavy atom. The second-order valence-corrected chi connectivity index (χ2v) is 5.55. The molecular weight excluding hydrogens is 210 g/mol. The lowest BCUT2D eigenvalue weighted by atomic mass is 10.0. The minimum atomic E-state index is 0.241. The highest BCUT2D eigenvalue weighted by Crippen LogP contribution is 2.22. The van der Waals surface area contributed by atoms with E-state index in [0.717, 1.165) is 19.3 Å². The fraction of sp³-hybridized carbons (Fsp3) is 0.600. The van der Waals surface area contributed by atoms with E-state index in [2.05, 4.69) is 43.4 Å². The van der Waals surface area contributed by atoms with E-state index in [-0.39, 0.29) is 12.6 Å². The van der Waals surface area contributed by atoms with Crippen molar-refractivity contribution < 1.29 is 5.11 Å². The Balaban J connectivity index is 1.90. The molecule has 0 heterocycles. The number of nitrogens with one attached hydrogen (secondary N) is 1. The summed E-state index contributed by atoms with van der Waals surface area (Å²) in [5.74, 6) is 0.628. The van der Waals surface area contributed by atoms with E-state index in [1.807, 2.05) is 0 Å². The van der Waals surface area contributed by atoms with Gasteiger partial charge in [0.05, 0.1) is 6.61 Å². The maximum Gasteiger partial charge on any atom is 0.0584 e. The molecule has 1 aliphatic carbocycles. The van der Waals surface area contributed by atoms with Crippen molar-refractivity contribution in [2.24, 2.45) is 5.92 Å². The molecule has 2 heteroatoms. The standard InChI is InChI=1S/C15H23NO/c1-11(2)7-15(10-17)16-14-8-12-5-3-4-6-13(12)9-14/h3-6,11,14-17H,7-10H2,1-2H3. The lowest BCUT2D eigenvalue weighted by molar-refractivity contribution is 0.213. The van der Waals surface area contributed by atoms with E-state index >= 15 is 0 Å². The SMILES string of the molecule is CC(C)CC(CO)NC1Cc2ccccc2C1. The zero-order valence-corrected chi connectivity index (χ0v) is 10.8. The Morgan fingerprint density at radius 3 is 2.29 bits per heavy atom. The highest BCUT2D eigenvalue weighted by atomic mass is 16.3. The first-order chi connectivity index (χ1) is 8.19. The van der Waals surface area contributed by atoms with Crippen LogP contribution in [0.15, 0.2) is 24.3 Å². The van der Waals surface area contributed by atoms with Crippen LogP contribution >= 0.6 is 0 Å². The molecule has 1 unspecified atom stereocenters. The maximum atomic E-state index is 9.39. The second kappa shape index (κ2) is 5.65. The Labute approximate surface area is 104 Å². The molecule has 0 radical (unpaired) electrons. The summed E-state index contributed by atoms with van der Waals surface area (Å²) in [7, 11) is 0. The van der Waals surface area contributed by atoms with Gasteiger partial charge < -0.3 is 10.4 Å². The Hall–Kier alpha value is -0.860. The van der Waals surface area contributed by atoms with Crippen LogP contribution in [0.25, 0.3) is 0 Å². The molecule has 1 aromatic rings. The minimum Gasteiger partial charge on any atom is -0.395 e. The molecule has 1 atom stereocenters. The number of benzene rings is 1. The number of aliphatic hydroxyl groups excluding tert-OH is 1. The summed E-state index contributed by atoms with van der Waals surface area (Å²) in [5.41, 5.74) is 2.93. The van der Waals surface area contributed by atoms with Crippen LogP contribution in [0, 0.1) is 5.92 Å². The van der Waals surface area contributed by atoms with Crippen LogP contribution in [0.2, 0.25) is 0 Å². The lowest BCUT2D eigenvalue weighted by Crippen LogP contribution is -2.41. The van der Waals surface area contributed by atoms with E-state index < -0.39 is 0 Å². The summed E-state index contributed by atoms with van der Waals surface area (Å²) < 4.78 is 0. The molecule has 17 heavy (non-hydrogen) atoms. The van der Waals surface area contributed by atoms with Crippen molar-refractivity contribution in [1.82, 2.24) is 5.32 Å². The van der Waals surface area contributed by atoms with E-state index in [9.17, 15) is 5.11 Å². The van der Waals surface area contributed by atoms with Gasteiger partial charge in [0.1, 0.15) is 0 Å². The molecule has 2 N–H and O–H groups in total. The van der Waals surface area contributed by atoms with E-state index in [4.69, 9.17) is 0 Å². The van der Waals surface area contributed by atoms with Crippen molar-refractivity contribution in [1.29, 1.82) is 0 Å². The monoisotopic (exact) mass is 233 g/mol. The molecule has 0 fully saturated rings. The van der Waals surface area contributed by atoms with Crippen molar-refractivity contribution in [3.8, 4) is 0 Å². The molecule has 0 amide bonds. The van der Waals surface area contributed by atoms with Crippen LogP contribution < -0.4 is 5.32 Å². The summed E-state index contributed by atoms with van der Waals surface area (Å²) >= 11 is 0. The molecule has 2 nitrogen and oxygen atoms in total. The van der Waals surface area contributed by atoms with Crippen LogP contribution in [0.4, 0.5) is 0 Å². The van der Waals surface area contributed by atoms with Gasteiger partial charge >= 0.3 is 0 Å². The first-order valence-corrected chi connectivity index (χ1v) is 6.62. The Kier molecular flexibility index (Phi) is 4.19. The van der Waals surface area contributed by atoms with Crippen LogP contribution in [-0.4, -0.2) is 23.8 Å². The average Bonchev–Trinajstić information content (AvgIpc) is 2.69. The molecule has 0 saturated heterocycles. The number of hydrogen-bond acceptors (Lipinski definition) is 2. The minimum absolute atomic E-state index is 0.241. The molecule has 1 aliphatic rings. The average molecular weight is 233 g/mol. The van der Waals surface area contributed by atoms with Crippen molar-refractivity contribution in [3.05, 3.63) is 35.4 Å². The first kappa shape index (κ1) is 12.6. The number of aliphatic hydroxyl groups is 1. The van der Waals surface area contributed by atoms with Crippen LogP contribution in [0.3, 0.4) is 0 Å². The molecule has 2 rings (SSSR count). The van der Waals surface area contributed by atoms with Gasteiger partial charge in [-0.25, -0.2) is 0 Å². The Bertz CT molecular complexity index is 337. The zero-order chi connectivity index (χ0) is 12.3. The normalized spacial score (nSPS) is 17.4. The van der Waals surface area contributed by atoms with Gasteiger partial charge in [-0.1, -0.05) is 38.1 Å². The molecular formula is C15H23NO. The van der Waals surface area contributed by atoms with E-state index in [0.29, 0.717) is 12.0 Å².